The van der Waals surface area contributed by atoms with Crippen LogP contribution in [0.25, 0.3) is 0 Å². The maximum absolute atomic E-state index is 12.2. The van der Waals surface area contributed by atoms with Crippen LogP contribution < -0.4 is 11.1 Å². The maximum atomic E-state index is 12.2. The lowest BCUT2D eigenvalue weighted by Gasteiger charge is -2.34. The van der Waals surface area contributed by atoms with Gasteiger partial charge in [0.15, 0.2) is 0 Å². The van der Waals surface area contributed by atoms with Crippen LogP contribution in [0.15, 0.2) is 0 Å². The molecule has 1 fully saturated rings. The second-order valence-electron chi connectivity index (χ2n) is 5.57. The molecule has 0 aromatic carbocycles. The van der Waals surface area contributed by atoms with E-state index < -0.39 is 0 Å². The highest BCUT2D eigenvalue weighted by Gasteiger charge is 2.37. The molecule has 0 radical (unpaired) electrons. The lowest BCUT2D eigenvalue weighted by molar-refractivity contribution is -0.132. The van der Waals surface area contributed by atoms with Gasteiger partial charge in [-0.05, 0) is 33.1 Å². The highest BCUT2D eigenvalue weighted by atomic mass is 16.5. The molecule has 0 bridgehead atoms. The Morgan fingerprint density at radius 3 is 2.56 bits per heavy atom. The van der Waals surface area contributed by atoms with Crippen LogP contribution in [0.3, 0.4) is 0 Å². The van der Waals surface area contributed by atoms with Crippen molar-refractivity contribution >= 4 is 5.91 Å². The molecule has 1 amide bonds. The summed E-state index contributed by atoms with van der Waals surface area (Å²) in [4.78, 5) is 12.2. The largest absolute Gasteiger partial charge is 0.379 e. The molecule has 0 aromatic rings. The molecule has 0 atom stereocenters. The molecule has 0 spiro atoms. The van der Waals surface area contributed by atoms with Crippen LogP contribution in [0.5, 0.6) is 0 Å². The lowest BCUT2D eigenvalue weighted by atomic mass is 9.73. The van der Waals surface area contributed by atoms with E-state index in [9.17, 15) is 4.79 Å². The summed E-state index contributed by atoms with van der Waals surface area (Å²) in [5.41, 5.74) is 5.53. The fourth-order valence-electron chi connectivity index (χ4n) is 2.53. The number of ether oxygens (including phenoxy) is 1. The molecular weight excluding hydrogens is 228 g/mol. The van der Waals surface area contributed by atoms with Crippen LogP contribution in [0.1, 0.15) is 52.4 Å². The van der Waals surface area contributed by atoms with Crippen LogP contribution >= 0.6 is 0 Å². The van der Waals surface area contributed by atoms with Crippen molar-refractivity contribution in [3.8, 4) is 0 Å². The molecule has 18 heavy (non-hydrogen) atoms. The number of nitrogens with two attached hydrogens (primary N) is 1. The van der Waals surface area contributed by atoms with Crippen LogP contribution in [0, 0.1) is 5.41 Å². The number of hydrogen-bond acceptors (Lipinski definition) is 3. The highest BCUT2D eigenvalue weighted by molar-refractivity contribution is 5.82. The van der Waals surface area contributed by atoms with Gasteiger partial charge in [0.25, 0.3) is 0 Å². The third-order valence-electron chi connectivity index (χ3n) is 3.74. The average Bonchev–Trinajstić information content (AvgIpc) is 2.38. The van der Waals surface area contributed by atoms with Gasteiger partial charge in [-0.2, -0.15) is 0 Å². The predicted molar refractivity (Wildman–Crippen MR) is 73.3 cm³/mol. The Balaban J connectivity index is 2.25. The number of amides is 1. The zero-order valence-corrected chi connectivity index (χ0v) is 11.8. The van der Waals surface area contributed by atoms with Crippen LogP contribution in [-0.2, 0) is 9.53 Å². The van der Waals surface area contributed by atoms with Gasteiger partial charge >= 0.3 is 0 Å². The van der Waals surface area contributed by atoms with Crippen molar-refractivity contribution in [2.45, 2.75) is 58.5 Å². The van der Waals surface area contributed by atoms with E-state index in [1.165, 1.54) is 6.42 Å². The summed E-state index contributed by atoms with van der Waals surface area (Å²) in [6, 6.07) is 0. The van der Waals surface area contributed by atoms with E-state index in [1.54, 1.807) is 0 Å². The third kappa shape index (κ3) is 4.58. The van der Waals surface area contributed by atoms with E-state index in [0.29, 0.717) is 19.7 Å². The molecular formula is C14H28N2O2. The zero-order chi connectivity index (χ0) is 13.4. The smallest absolute Gasteiger partial charge is 0.227 e. The molecule has 3 N–H and O–H groups in total. The Kier molecular flexibility index (Phi) is 6.65. The fraction of sp³-hybridized carbons (Fsp3) is 0.929. The number of carbonyl (C=O) groups excluding carboxylic acids is 1. The summed E-state index contributed by atoms with van der Waals surface area (Å²) in [6.07, 6.45) is 6.49. The Morgan fingerprint density at radius 1 is 1.33 bits per heavy atom. The van der Waals surface area contributed by atoms with E-state index in [0.717, 1.165) is 32.1 Å². The second-order valence-corrected chi connectivity index (χ2v) is 5.57. The molecule has 0 saturated heterocycles. The van der Waals surface area contributed by atoms with Crippen LogP contribution in [0.2, 0.25) is 0 Å². The summed E-state index contributed by atoms with van der Waals surface area (Å²) in [5.74, 6) is 0.147. The second kappa shape index (κ2) is 7.74. The van der Waals surface area contributed by atoms with Gasteiger partial charge in [-0.3, -0.25) is 4.79 Å². The molecule has 0 aromatic heterocycles. The van der Waals surface area contributed by atoms with Crippen molar-refractivity contribution in [2.75, 3.05) is 19.7 Å². The van der Waals surface area contributed by atoms with Gasteiger partial charge in [0, 0.05) is 19.7 Å². The first-order valence-electron chi connectivity index (χ1n) is 7.21. The van der Waals surface area contributed by atoms with Crippen LogP contribution in [-0.4, -0.2) is 31.7 Å². The minimum atomic E-state index is -0.294. The van der Waals surface area contributed by atoms with Crippen LogP contribution in [0.4, 0.5) is 0 Å². The van der Waals surface area contributed by atoms with Gasteiger partial charge in [-0.15, -0.1) is 0 Å². The van der Waals surface area contributed by atoms with E-state index >= 15 is 0 Å². The van der Waals surface area contributed by atoms with Crippen molar-refractivity contribution in [3.05, 3.63) is 0 Å². The first-order chi connectivity index (χ1) is 8.60. The van der Waals surface area contributed by atoms with Crippen molar-refractivity contribution in [1.82, 2.24) is 5.32 Å². The first kappa shape index (κ1) is 15.4. The molecule has 0 heterocycles. The normalized spacial score (nSPS) is 18.9. The molecule has 0 aliphatic heterocycles. The van der Waals surface area contributed by atoms with Crippen molar-refractivity contribution < 1.29 is 9.53 Å². The SMILES string of the molecule is CC(C)OCCCNC(=O)C1(CN)CCCCC1. The van der Waals surface area contributed by atoms with Gasteiger partial charge in [-0.1, -0.05) is 19.3 Å². The number of nitrogens with one attached hydrogen (secondary N) is 1. The standard InChI is InChI=1S/C14H28N2O2/c1-12(2)18-10-6-9-16-13(17)14(11-15)7-4-3-5-8-14/h12H,3-11,15H2,1-2H3,(H,16,17). The van der Waals surface area contributed by atoms with Gasteiger partial charge in [0.05, 0.1) is 11.5 Å². The quantitative estimate of drug-likeness (QED) is 0.683. The molecule has 106 valence electrons. The Morgan fingerprint density at radius 2 is 2.00 bits per heavy atom. The van der Waals surface area contributed by atoms with E-state index in [-0.39, 0.29) is 17.4 Å². The van der Waals surface area contributed by atoms with Gasteiger partial charge in [0.2, 0.25) is 5.91 Å². The summed E-state index contributed by atoms with van der Waals surface area (Å²) in [6.45, 7) is 5.90. The third-order valence-corrected chi connectivity index (χ3v) is 3.74. The molecule has 0 unspecified atom stereocenters. The van der Waals surface area contributed by atoms with Gasteiger partial charge in [-0.25, -0.2) is 0 Å². The average molecular weight is 256 g/mol. The Hall–Kier alpha value is -0.610. The minimum absolute atomic E-state index is 0.147. The summed E-state index contributed by atoms with van der Waals surface area (Å²) in [7, 11) is 0. The zero-order valence-electron chi connectivity index (χ0n) is 11.8. The topological polar surface area (TPSA) is 64.3 Å². The van der Waals surface area contributed by atoms with Crippen molar-refractivity contribution in [3.63, 3.8) is 0 Å². The van der Waals surface area contributed by atoms with Gasteiger partial charge < -0.3 is 15.8 Å². The summed E-state index contributed by atoms with van der Waals surface area (Å²) < 4.78 is 5.44. The maximum Gasteiger partial charge on any atom is 0.227 e. The molecule has 1 rings (SSSR count). The fourth-order valence-corrected chi connectivity index (χ4v) is 2.53. The molecule has 1 saturated carbocycles. The number of hydrogen-bond donors (Lipinski definition) is 2. The van der Waals surface area contributed by atoms with E-state index in [4.69, 9.17) is 10.5 Å². The summed E-state index contributed by atoms with van der Waals surface area (Å²) in [5, 5.41) is 3.02. The number of rotatable bonds is 7. The molecule has 1 aliphatic rings. The minimum Gasteiger partial charge on any atom is -0.379 e. The Bertz CT molecular complexity index is 248. The monoisotopic (exact) mass is 256 g/mol. The van der Waals surface area contributed by atoms with Crippen molar-refractivity contribution in [2.24, 2.45) is 11.1 Å². The van der Waals surface area contributed by atoms with Crippen molar-refractivity contribution in [1.29, 1.82) is 0 Å². The highest BCUT2D eigenvalue weighted by Crippen LogP contribution is 2.35. The van der Waals surface area contributed by atoms with Gasteiger partial charge in [0.1, 0.15) is 0 Å². The first-order valence-corrected chi connectivity index (χ1v) is 7.21. The molecule has 1 aliphatic carbocycles. The molecule has 4 nitrogen and oxygen atoms in total. The van der Waals surface area contributed by atoms with E-state index in [1.807, 2.05) is 13.8 Å². The predicted octanol–water partition coefficient (Wildman–Crippen LogP) is 1.83. The molecule has 4 heteroatoms. The number of carbonyl (C=O) groups is 1. The van der Waals surface area contributed by atoms with E-state index in [2.05, 4.69) is 5.32 Å². The lowest BCUT2D eigenvalue weighted by Crippen LogP contribution is -2.47. The summed E-state index contributed by atoms with van der Waals surface area (Å²) >= 11 is 0. The Labute approximate surface area is 111 Å².